The molecule has 0 saturated carbocycles. The van der Waals surface area contributed by atoms with E-state index >= 15 is 0 Å². The molecule has 0 atom stereocenters. The van der Waals surface area contributed by atoms with Crippen LogP contribution in [0.25, 0.3) is 0 Å². The van der Waals surface area contributed by atoms with Gasteiger partial charge in [-0.3, -0.25) is 0 Å². The molecule has 27 valence electrons. The smallest absolute Gasteiger partial charge is 0 e. The molecule has 4 heavy (non-hydrogen) atoms. The van der Waals surface area contributed by atoms with E-state index in [1.165, 1.54) is 0 Å². The van der Waals surface area contributed by atoms with E-state index in [1.807, 2.05) is 0 Å². The van der Waals surface area contributed by atoms with Crippen LogP contribution >= 0.6 is 0 Å². The maximum Gasteiger partial charge on any atom is 0 e. The van der Waals surface area contributed by atoms with Crippen molar-refractivity contribution >= 4 is 47.9 Å². The fourth-order valence-corrected chi connectivity index (χ4v) is 0. The van der Waals surface area contributed by atoms with Crippen LogP contribution in [-0.2, 0) is 21.5 Å². The summed E-state index contributed by atoms with van der Waals surface area (Å²) in [6.45, 7) is 0. The van der Waals surface area contributed by atoms with Crippen molar-refractivity contribution in [3.05, 3.63) is 0 Å². The molecule has 0 aliphatic rings. The normalized spacial score (nSPS) is 1.00. The van der Waals surface area contributed by atoms with Crippen LogP contribution in [0.5, 0.6) is 0 Å². The Morgan fingerprint density at radius 2 is 1.25 bits per heavy atom. The fourth-order valence-electron chi connectivity index (χ4n) is 0. The Balaban J connectivity index is -0.00000000500. The first-order valence-electron chi connectivity index (χ1n) is 0.289. The summed E-state index contributed by atoms with van der Waals surface area (Å²) < 4.78 is 8.28. The van der Waals surface area contributed by atoms with Crippen molar-refractivity contribution in [2.24, 2.45) is 0 Å². The summed E-state index contributed by atoms with van der Waals surface area (Å²) in [5, 5.41) is 0. The third kappa shape index (κ3) is 9.20. The van der Waals surface area contributed by atoms with Gasteiger partial charge in [0, 0.05) is 17.1 Å². The van der Waals surface area contributed by atoms with Crippen molar-refractivity contribution in [3.8, 4) is 0 Å². The minimum atomic E-state index is 0. The molecule has 0 unspecified atom stereocenters. The average Bonchev–Trinajstić information content (AvgIpc) is 1.00. The molecule has 0 N–H and O–H groups in total. The van der Waals surface area contributed by atoms with E-state index in [0.29, 0.717) is 10.1 Å². The van der Waals surface area contributed by atoms with E-state index in [0.717, 1.165) is 0 Å². The maximum absolute atomic E-state index is 8.28. The monoisotopic (exact) mass is 151 g/mol. The van der Waals surface area contributed by atoms with Gasteiger partial charge in [0.25, 0.3) is 0 Å². The molecule has 0 saturated heterocycles. The van der Waals surface area contributed by atoms with Crippen LogP contribution in [0.15, 0.2) is 0 Å². The second kappa shape index (κ2) is 21.4. The molecule has 0 aliphatic heterocycles. The topological polar surface area (TPSA) is 17.1 Å². The first-order valence-corrected chi connectivity index (χ1v) is 0.866. The summed E-state index contributed by atoms with van der Waals surface area (Å²) in [6, 6.07) is 0. The summed E-state index contributed by atoms with van der Waals surface area (Å²) in [5.41, 5.74) is 0. The number of hydrogen-bond donors (Lipinski definition) is 0. The summed E-state index contributed by atoms with van der Waals surface area (Å²) in [4.78, 5) is 0. The van der Waals surface area contributed by atoms with Crippen LogP contribution in [0, 0.1) is 0 Å². The van der Waals surface area contributed by atoms with E-state index in [1.54, 1.807) is 0 Å². The minimum absolute atomic E-state index is 0. The molecule has 0 spiro atoms. The first-order chi connectivity index (χ1) is 1.00. The van der Waals surface area contributed by atoms with Gasteiger partial charge in [0.15, 0.2) is 0 Å². The van der Waals surface area contributed by atoms with Crippen molar-refractivity contribution in [1.82, 2.24) is 0 Å². The van der Waals surface area contributed by atoms with Crippen LogP contribution in [-0.4, -0.2) is 47.9 Å². The molecule has 4 heteroatoms. The molecule has 0 bridgehead atoms. The van der Waals surface area contributed by atoms with Gasteiger partial charge in [0.1, 0.15) is 0 Å². The van der Waals surface area contributed by atoms with Crippen LogP contribution in [0.2, 0.25) is 0 Å². The predicted molar refractivity (Wildman–Crippen MR) is 17.8 cm³/mol. The van der Waals surface area contributed by atoms with Gasteiger partial charge in [-0.05, 0) is 0 Å². The van der Waals surface area contributed by atoms with E-state index in [2.05, 4.69) is 0 Å². The molecule has 0 aromatic carbocycles. The van der Waals surface area contributed by atoms with Gasteiger partial charge in [-0.1, -0.05) is 0 Å². The van der Waals surface area contributed by atoms with Crippen LogP contribution in [0.1, 0.15) is 0 Å². The van der Waals surface area contributed by atoms with Crippen molar-refractivity contribution in [2.75, 3.05) is 0 Å². The molecule has 0 heterocycles. The molecular formula is H4CaCuOSi. The predicted octanol–water partition coefficient (Wildman–Crippen LogP) is -1.95. The van der Waals surface area contributed by atoms with Gasteiger partial charge < -0.3 is 4.46 Å². The molecule has 0 fully saturated rings. The van der Waals surface area contributed by atoms with Crippen LogP contribution in [0.3, 0.4) is 0 Å². The SMILES string of the molecule is O=[SiH2].[CaH2].[Cu]. The summed E-state index contributed by atoms with van der Waals surface area (Å²) in [5.74, 6) is 0. The maximum atomic E-state index is 8.28. The Kier molecular flexibility index (Phi) is 91.3. The molecular weight excluding hydrogens is 148 g/mol. The average molecular weight is 152 g/mol. The molecule has 0 aromatic rings. The Morgan fingerprint density at radius 3 is 1.25 bits per heavy atom. The minimum Gasteiger partial charge on any atom is 0 e. The standard InChI is InChI=1S/Ca.Cu.H2OSi.2H/c;;1-2;;/h;;2H2;;. The molecule has 1 nitrogen and oxygen atoms in total. The molecule has 0 amide bonds. The van der Waals surface area contributed by atoms with Crippen molar-refractivity contribution in [2.45, 2.75) is 0 Å². The van der Waals surface area contributed by atoms with Gasteiger partial charge in [-0.25, -0.2) is 0 Å². The van der Waals surface area contributed by atoms with Gasteiger partial charge in [0.05, 0.1) is 0 Å². The Bertz CT molecular complexity index is 8.00. The van der Waals surface area contributed by atoms with Gasteiger partial charge in [0.2, 0.25) is 10.1 Å². The zero-order valence-corrected chi connectivity index (χ0v) is 3.77. The van der Waals surface area contributed by atoms with Crippen molar-refractivity contribution in [3.63, 3.8) is 0 Å². The second-order valence-electron chi connectivity index (χ2n) is 0. The Labute approximate surface area is 68.5 Å². The fraction of sp³-hybridized carbons (Fsp3) is 0. The third-order valence-corrected chi connectivity index (χ3v) is 0. The van der Waals surface area contributed by atoms with E-state index in [4.69, 9.17) is 4.46 Å². The van der Waals surface area contributed by atoms with Gasteiger partial charge in [-0.15, -0.1) is 0 Å². The summed E-state index contributed by atoms with van der Waals surface area (Å²) in [7, 11) is 0.611. The number of hydrogen-bond acceptors (Lipinski definition) is 1. The molecule has 0 rings (SSSR count). The molecule has 0 aliphatic carbocycles. The Morgan fingerprint density at radius 1 is 1.25 bits per heavy atom. The zero-order chi connectivity index (χ0) is 2.00. The van der Waals surface area contributed by atoms with Crippen LogP contribution < -0.4 is 0 Å². The van der Waals surface area contributed by atoms with Gasteiger partial charge in [-0.2, -0.15) is 0 Å². The third-order valence-electron chi connectivity index (χ3n) is 0. The van der Waals surface area contributed by atoms with Crippen molar-refractivity contribution < 1.29 is 21.5 Å². The zero-order valence-electron chi connectivity index (χ0n) is 1.42. The van der Waals surface area contributed by atoms with Crippen LogP contribution in [0.4, 0.5) is 0 Å². The molecule has 1 radical (unpaired) electrons. The summed E-state index contributed by atoms with van der Waals surface area (Å²) in [6.07, 6.45) is 0. The van der Waals surface area contributed by atoms with E-state index in [-0.39, 0.29) is 54.8 Å². The molecule has 0 aromatic heterocycles. The number of rotatable bonds is 0. The summed E-state index contributed by atoms with van der Waals surface area (Å²) >= 11 is 0. The second-order valence-corrected chi connectivity index (χ2v) is 0. The largest absolute Gasteiger partial charge is 0 e. The van der Waals surface area contributed by atoms with E-state index in [9.17, 15) is 0 Å². The first kappa shape index (κ1) is 17.1. The van der Waals surface area contributed by atoms with E-state index < -0.39 is 0 Å². The Hall–Kier alpha value is 1.80. The van der Waals surface area contributed by atoms with Crippen molar-refractivity contribution in [1.29, 1.82) is 0 Å². The van der Waals surface area contributed by atoms with Gasteiger partial charge >= 0.3 is 37.7 Å². The quantitative estimate of drug-likeness (QED) is 0.368.